The molecule has 24 nitrogen and oxygen atoms in total. The largest absolute Gasteiger partial charge is 0.444 e. The summed E-state index contributed by atoms with van der Waals surface area (Å²) in [7, 11) is 0. The van der Waals surface area contributed by atoms with Crippen LogP contribution < -0.4 is 54.0 Å². The van der Waals surface area contributed by atoms with Crippen LogP contribution in [0.15, 0.2) is 91.4 Å². The molecule has 6 aromatic rings. The smallest absolute Gasteiger partial charge is 0.408 e. The quantitative estimate of drug-likeness (QED) is 0.0311. The van der Waals surface area contributed by atoms with Crippen molar-refractivity contribution < 1.29 is 52.7 Å². The Hall–Kier alpha value is -9.22. The Bertz CT molecular complexity index is 3320. The second kappa shape index (κ2) is 29.7. The molecule has 0 fully saturated rings. The number of ether oxygens (including phenoxy) is 1. The molecule has 3 aromatic heterocycles. The predicted octanol–water partition coefficient (Wildman–Crippen LogP) is 3.08. The summed E-state index contributed by atoms with van der Waals surface area (Å²) >= 11 is 0. The van der Waals surface area contributed by atoms with Crippen LogP contribution in [0.25, 0.3) is 32.7 Å². The molecule has 7 atom stereocenters. The number of aromatic amines is 3. The van der Waals surface area contributed by atoms with Gasteiger partial charge in [-0.2, -0.15) is 0 Å². The third-order valence-electron chi connectivity index (χ3n) is 13.9. The molecule has 24 heteroatoms. The number of carbonyl (C=O) groups is 10. The number of rotatable bonds is 30. The van der Waals surface area contributed by atoms with Crippen LogP contribution in [0.5, 0.6) is 0 Å². The molecule has 0 bridgehead atoms. The van der Waals surface area contributed by atoms with Gasteiger partial charge in [0.1, 0.15) is 47.9 Å². The van der Waals surface area contributed by atoms with Gasteiger partial charge in [-0.05, 0) is 87.8 Å². The number of amides is 10. The van der Waals surface area contributed by atoms with E-state index in [4.69, 9.17) is 16.2 Å². The van der Waals surface area contributed by atoms with E-state index in [-0.39, 0.29) is 44.4 Å². The maximum Gasteiger partial charge on any atom is 0.408 e. The topological polar surface area (TPSA) is 376 Å². The SMILES string of the molecule is CCCC[C@H](NC(=O)[C@H](CC(C)C)NC(=O)[C@@H](Cc1c[nH]c2ccccc12)NC(=O)CNC(=O)[C@@H](Cc1c[nH]c2ccccc12)NC(=O)[C@H](C)NC(=O)[C@H](Cc1c[nH]c2ccccc12)NC(=O)[C@@H](CCC(N)=O)NC(=O)OC(C)(C)C)C(N)=O. The van der Waals surface area contributed by atoms with Gasteiger partial charge < -0.3 is 73.7 Å². The van der Waals surface area contributed by atoms with Crippen molar-refractivity contribution in [2.45, 2.75) is 154 Å². The average molecular weight is 1160 g/mol. The molecule has 0 spiro atoms. The molecule has 0 aliphatic carbocycles. The maximum atomic E-state index is 14.4. The number of alkyl carbamates (subject to hydrolysis) is 1. The Morgan fingerprint density at radius 1 is 0.512 bits per heavy atom. The second-order valence-electron chi connectivity index (χ2n) is 22.4. The minimum absolute atomic E-state index is 0.0417. The summed E-state index contributed by atoms with van der Waals surface area (Å²) in [5.41, 5.74) is 14.3. The van der Waals surface area contributed by atoms with Gasteiger partial charge in [-0.15, -0.1) is 0 Å². The van der Waals surface area contributed by atoms with Crippen molar-refractivity contribution >= 4 is 92.0 Å². The molecule has 0 saturated heterocycles. The Morgan fingerprint density at radius 2 is 0.940 bits per heavy atom. The fourth-order valence-corrected chi connectivity index (χ4v) is 9.62. The number of fused-ring (bicyclic) bond motifs is 3. The van der Waals surface area contributed by atoms with Crippen LogP contribution in [-0.2, 0) is 67.2 Å². The molecule has 84 heavy (non-hydrogen) atoms. The fraction of sp³-hybridized carbons (Fsp3) is 0.433. The van der Waals surface area contributed by atoms with Crippen molar-refractivity contribution in [3.05, 3.63) is 108 Å². The lowest BCUT2D eigenvalue weighted by molar-refractivity contribution is -0.134. The molecule has 0 unspecified atom stereocenters. The van der Waals surface area contributed by atoms with Gasteiger partial charge in [-0.3, -0.25) is 43.2 Å². The zero-order valence-electron chi connectivity index (χ0n) is 48.5. The number of primary amides is 2. The molecule has 0 aliphatic rings. The number of unbranched alkanes of at least 4 members (excludes halogenated alkanes) is 1. The highest BCUT2D eigenvalue weighted by atomic mass is 16.6. The van der Waals surface area contributed by atoms with Crippen LogP contribution in [0, 0.1) is 5.92 Å². The van der Waals surface area contributed by atoms with Crippen molar-refractivity contribution in [2.75, 3.05) is 6.54 Å². The van der Waals surface area contributed by atoms with Crippen LogP contribution >= 0.6 is 0 Å². The Morgan fingerprint density at radius 3 is 1.42 bits per heavy atom. The van der Waals surface area contributed by atoms with Gasteiger partial charge in [0.15, 0.2) is 0 Å². The summed E-state index contributed by atoms with van der Waals surface area (Å²) in [6, 6.07) is 13.1. The van der Waals surface area contributed by atoms with E-state index in [0.29, 0.717) is 29.5 Å². The van der Waals surface area contributed by atoms with E-state index in [0.717, 1.165) is 39.1 Å². The summed E-state index contributed by atoms with van der Waals surface area (Å²) in [5, 5.41) is 23.6. The Balaban J connectivity index is 1.21. The second-order valence-corrected chi connectivity index (χ2v) is 22.4. The van der Waals surface area contributed by atoms with Gasteiger partial charge in [-0.25, -0.2) is 4.79 Å². The highest BCUT2D eigenvalue weighted by molar-refractivity contribution is 5.98. The summed E-state index contributed by atoms with van der Waals surface area (Å²) in [5.74, 6) is -6.96. The molecule has 6 rings (SSSR count). The molecule has 0 aliphatic heterocycles. The van der Waals surface area contributed by atoms with Crippen LogP contribution in [0.1, 0.15) is 104 Å². The van der Waals surface area contributed by atoms with E-state index in [1.165, 1.54) is 6.92 Å². The lowest BCUT2D eigenvalue weighted by atomic mass is 10.00. The monoisotopic (exact) mass is 1160 g/mol. The fourth-order valence-electron chi connectivity index (χ4n) is 9.62. The molecular formula is C60H79N13O11. The number of hydrogen-bond acceptors (Lipinski definition) is 11. The third kappa shape index (κ3) is 18.7. The van der Waals surface area contributed by atoms with Gasteiger partial charge in [-0.1, -0.05) is 88.2 Å². The molecule has 450 valence electrons. The van der Waals surface area contributed by atoms with Crippen LogP contribution in [0.3, 0.4) is 0 Å². The Kier molecular flexibility index (Phi) is 22.6. The average Bonchev–Trinajstić information content (AvgIpc) is 3.80. The summed E-state index contributed by atoms with van der Waals surface area (Å²) in [6.45, 7) is 11.3. The van der Waals surface area contributed by atoms with E-state index < -0.39 is 114 Å². The minimum atomic E-state index is -1.38. The van der Waals surface area contributed by atoms with Crippen molar-refractivity contribution in [3.8, 4) is 0 Å². The summed E-state index contributed by atoms with van der Waals surface area (Å²) < 4.78 is 5.36. The summed E-state index contributed by atoms with van der Waals surface area (Å²) in [4.78, 5) is 146. The first-order chi connectivity index (χ1) is 39.9. The normalized spacial score (nSPS) is 14.0. The minimum Gasteiger partial charge on any atom is -0.444 e. The first-order valence-corrected chi connectivity index (χ1v) is 28.2. The number of benzene rings is 3. The van der Waals surface area contributed by atoms with Crippen molar-refractivity contribution in [1.82, 2.24) is 57.5 Å². The van der Waals surface area contributed by atoms with E-state index in [9.17, 15) is 47.9 Å². The van der Waals surface area contributed by atoms with Gasteiger partial charge in [0.25, 0.3) is 0 Å². The molecule has 3 aromatic carbocycles. The van der Waals surface area contributed by atoms with Crippen molar-refractivity contribution in [2.24, 2.45) is 17.4 Å². The lowest BCUT2D eigenvalue weighted by Crippen LogP contribution is -2.59. The first-order valence-electron chi connectivity index (χ1n) is 28.2. The highest BCUT2D eigenvalue weighted by Gasteiger charge is 2.34. The number of H-pyrrole nitrogens is 3. The highest BCUT2D eigenvalue weighted by Crippen LogP contribution is 2.23. The number of hydrogen-bond donors (Lipinski definition) is 13. The van der Waals surface area contributed by atoms with Crippen LogP contribution in [0.2, 0.25) is 0 Å². The van der Waals surface area contributed by atoms with Crippen LogP contribution in [-0.4, -0.2) is 129 Å². The molecule has 3 heterocycles. The van der Waals surface area contributed by atoms with Crippen molar-refractivity contribution in [3.63, 3.8) is 0 Å². The van der Waals surface area contributed by atoms with Gasteiger partial charge in [0.05, 0.1) is 6.54 Å². The molecule has 15 N–H and O–H groups in total. The van der Waals surface area contributed by atoms with E-state index in [2.05, 4.69) is 57.5 Å². The molecule has 0 saturated carbocycles. The van der Waals surface area contributed by atoms with E-state index >= 15 is 0 Å². The van der Waals surface area contributed by atoms with Gasteiger partial charge in [0, 0.05) is 77.0 Å². The maximum absolute atomic E-state index is 14.4. The van der Waals surface area contributed by atoms with Crippen molar-refractivity contribution in [1.29, 1.82) is 0 Å². The summed E-state index contributed by atoms with van der Waals surface area (Å²) in [6.07, 6.45) is 5.20. The Labute approximate surface area is 486 Å². The standard InChI is InChI=1S/C60H79N13O11/c1-8-9-19-44(52(62)76)69-57(81)46(25-33(2)3)71-58(82)48(27-36-30-64-42-21-14-11-17-39(36)42)68-51(75)32-66-54(78)47(26-35-29-63-41-20-13-10-16-38(35)41)70-53(77)34(4)67-56(80)49(28-37-31-65-43-22-15-12-18-40(37)43)72-55(79)45(23-24-50(61)74)73-59(83)84-60(5,6)7/h10-18,20-22,29-31,33-34,44-49,63-65H,8-9,19,23-28,32H2,1-7H3,(H2,61,74)(H2,62,76)(H,66,78)(H,67,80)(H,68,75)(H,69,81)(H,70,77)(H,71,82)(H,72,79)(H,73,83)/t34-,44-,45+,46-,47+,48+,49-/m0/s1. The molecule has 0 radical (unpaired) electrons. The molecule has 10 amide bonds. The number of carbonyl (C=O) groups excluding carboxylic acids is 10. The van der Waals surface area contributed by atoms with Gasteiger partial charge in [0.2, 0.25) is 53.2 Å². The van der Waals surface area contributed by atoms with E-state index in [1.54, 1.807) is 51.5 Å². The van der Waals surface area contributed by atoms with Gasteiger partial charge >= 0.3 is 6.09 Å². The first kappa shape index (κ1) is 64.0. The predicted molar refractivity (Wildman–Crippen MR) is 316 cm³/mol. The zero-order chi connectivity index (χ0) is 61.3. The number of aromatic nitrogens is 3. The molecular weight excluding hydrogens is 1080 g/mol. The third-order valence-corrected chi connectivity index (χ3v) is 13.9. The van der Waals surface area contributed by atoms with E-state index in [1.807, 2.05) is 81.4 Å². The number of nitrogens with one attached hydrogen (secondary N) is 11. The number of nitrogens with two attached hydrogens (primary N) is 2. The zero-order valence-corrected chi connectivity index (χ0v) is 48.5. The lowest BCUT2D eigenvalue weighted by Gasteiger charge is -2.26. The number of para-hydroxylation sites is 3. The van der Waals surface area contributed by atoms with Crippen LogP contribution in [0.4, 0.5) is 4.79 Å².